The summed E-state index contributed by atoms with van der Waals surface area (Å²) >= 11 is 5.08. The molecule has 6 nitrogen and oxygen atoms in total. The van der Waals surface area contributed by atoms with Crippen molar-refractivity contribution in [3.05, 3.63) is 51.0 Å². The third-order valence-electron chi connectivity index (χ3n) is 3.23. The molecular formula is C14H14N4O2S. The molecule has 1 fully saturated rings. The third-order valence-corrected chi connectivity index (χ3v) is 3.52. The van der Waals surface area contributed by atoms with E-state index in [1.807, 2.05) is 30.3 Å². The topological polar surface area (TPSA) is 82.4 Å². The molecule has 0 atom stereocenters. The average Bonchev–Trinajstić information content (AvgIpc) is 3.28. The largest absolute Gasteiger partial charge is 0.494 e. The van der Waals surface area contributed by atoms with Crippen molar-refractivity contribution in [2.24, 2.45) is 5.10 Å². The van der Waals surface area contributed by atoms with Crippen LogP contribution in [0, 0.1) is 4.77 Å². The summed E-state index contributed by atoms with van der Waals surface area (Å²) in [5, 5.41) is 14.2. The number of benzene rings is 1. The highest BCUT2D eigenvalue weighted by molar-refractivity contribution is 7.71. The molecule has 0 spiro atoms. The van der Waals surface area contributed by atoms with E-state index in [4.69, 9.17) is 12.2 Å². The van der Waals surface area contributed by atoms with Gasteiger partial charge in [-0.05, 0) is 37.2 Å². The van der Waals surface area contributed by atoms with Gasteiger partial charge in [0.1, 0.15) is 5.56 Å². The lowest BCUT2D eigenvalue weighted by atomic mass is 10.3. The van der Waals surface area contributed by atoms with Gasteiger partial charge in [-0.25, -0.2) is 0 Å². The predicted molar refractivity (Wildman–Crippen MR) is 83.5 cm³/mol. The van der Waals surface area contributed by atoms with E-state index in [-0.39, 0.29) is 22.3 Å². The Hall–Kier alpha value is -2.41. The number of para-hydroxylation sites is 1. The van der Waals surface area contributed by atoms with Gasteiger partial charge in [-0.3, -0.25) is 19.8 Å². The minimum atomic E-state index is -0.451. The molecule has 1 aromatic heterocycles. The Kier molecular flexibility index (Phi) is 3.57. The SMILES string of the molecule is O=c1[nH]c(=S)n(C2CC2)c(O)c1C=NNc1ccccc1. The Morgan fingerprint density at radius 3 is 2.76 bits per heavy atom. The minimum Gasteiger partial charge on any atom is -0.494 e. The molecule has 0 amide bonds. The van der Waals surface area contributed by atoms with Crippen molar-refractivity contribution in [2.75, 3.05) is 5.43 Å². The van der Waals surface area contributed by atoms with Crippen molar-refractivity contribution in [3.63, 3.8) is 0 Å². The summed E-state index contributed by atoms with van der Waals surface area (Å²) in [6.07, 6.45) is 3.20. The van der Waals surface area contributed by atoms with Gasteiger partial charge in [0.25, 0.3) is 5.56 Å². The molecule has 0 radical (unpaired) electrons. The van der Waals surface area contributed by atoms with E-state index < -0.39 is 5.56 Å². The first kappa shape index (κ1) is 13.6. The van der Waals surface area contributed by atoms with Gasteiger partial charge in [-0.2, -0.15) is 5.10 Å². The fraction of sp³-hybridized carbons (Fsp3) is 0.214. The van der Waals surface area contributed by atoms with Gasteiger partial charge >= 0.3 is 0 Å². The molecule has 3 N–H and O–H groups in total. The number of aromatic amines is 1. The van der Waals surface area contributed by atoms with Gasteiger partial charge in [-0.1, -0.05) is 18.2 Å². The number of aromatic nitrogens is 2. The fourth-order valence-electron chi connectivity index (χ4n) is 2.02. The maximum atomic E-state index is 11.9. The molecule has 1 heterocycles. The highest BCUT2D eigenvalue weighted by Crippen LogP contribution is 2.37. The molecule has 21 heavy (non-hydrogen) atoms. The number of hydrazone groups is 1. The van der Waals surface area contributed by atoms with Gasteiger partial charge in [0.2, 0.25) is 5.88 Å². The Labute approximate surface area is 125 Å². The first-order valence-corrected chi connectivity index (χ1v) is 6.99. The zero-order valence-electron chi connectivity index (χ0n) is 11.1. The molecule has 3 rings (SSSR count). The summed E-state index contributed by atoms with van der Waals surface area (Å²) in [7, 11) is 0. The first-order chi connectivity index (χ1) is 10.2. The van der Waals surface area contributed by atoms with Gasteiger partial charge in [0, 0.05) is 6.04 Å². The van der Waals surface area contributed by atoms with Crippen molar-refractivity contribution in [1.82, 2.24) is 9.55 Å². The molecule has 1 aromatic carbocycles. The van der Waals surface area contributed by atoms with Crippen LogP contribution in [-0.2, 0) is 0 Å². The standard InChI is InChI=1S/C14H14N4O2S/c19-12-11(8-15-17-9-4-2-1-3-5-9)13(20)18(10-6-7-10)14(21)16-12/h1-5,8,10,17,20H,6-7H2,(H,16,19,21). The second-order valence-electron chi connectivity index (χ2n) is 4.83. The molecule has 2 aromatic rings. The summed E-state index contributed by atoms with van der Waals surface area (Å²) in [4.78, 5) is 14.4. The zero-order valence-corrected chi connectivity index (χ0v) is 11.9. The van der Waals surface area contributed by atoms with Crippen LogP contribution in [0.1, 0.15) is 24.4 Å². The maximum Gasteiger partial charge on any atom is 0.264 e. The second-order valence-corrected chi connectivity index (χ2v) is 5.22. The molecule has 0 aliphatic heterocycles. The molecule has 0 bridgehead atoms. The molecule has 1 saturated carbocycles. The Morgan fingerprint density at radius 2 is 2.10 bits per heavy atom. The van der Waals surface area contributed by atoms with Crippen molar-refractivity contribution >= 4 is 24.1 Å². The van der Waals surface area contributed by atoms with Gasteiger partial charge < -0.3 is 5.11 Å². The lowest BCUT2D eigenvalue weighted by Crippen LogP contribution is -2.18. The fourth-order valence-corrected chi connectivity index (χ4v) is 2.35. The van der Waals surface area contributed by atoms with Crippen LogP contribution < -0.4 is 11.0 Å². The summed E-state index contributed by atoms with van der Waals surface area (Å²) in [6.45, 7) is 0. The highest BCUT2D eigenvalue weighted by atomic mass is 32.1. The number of rotatable bonds is 4. The van der Waals surface area contributed by atoms with Crippen LogP contribution in [0.3, 0.4) is 0 Å². The van der Waals surface area contributed by atoms with E-state index in [0.29, 0.717) is 0 Å². The summed E-state index contributed by atoms with van der Waals surface area (Å²) in [5.74, 6) is -0.134. The second kappa shape index (κ2) is 5.53. The van der Waals surface area contributed by atoms with E-state index in [9.17, 15) is 9.90 Å². The van der Waals surface area contributed by atoms with Crippen LogP contribution in [0.2, 0.25) is 0 Å². The molecule has 1 aliphatic rings. The van der Waals surface area contributed by atoms with E-state index in [1.165, 1.54) is 6.21 Å². The molecule has 108 valence electrons. The number of aromatic hydroxyl groups is 1. The molecule has 1 aliphatic carbocycles. The van der Waals surface area contributed by atoms with Gasteiger partial charge in [0.05, 0.1) is 11.9 Å². The molecular weight excluding hydrogens is 288 g/mol. The van der Waals surface area contributed by atoms with E-state index in [2.05, 4.69) is 15.5 Å². The number of nitrogens with one attached hydrogen (secondary N) is 2. The van der Waals surface area contributed by atoms with E-state index in [1.54, 1.807) is 4.57 Å². The number of anilines is 1. The summed E-state index contributed by atoms with van der Waals surface area (Å²) in [6, 6.07) is 9.50. The Balaban J connectivity index is 1.90. The first-order valence-electron chi connectivity index (χ1n) is 6.58. The quantitative estimate of drug-likeness (QED) is 0.460. The number of nitrogens with zero attached hydrogens (tertiary/aromatic N) is 2. The molecule has 0 unspecified atom stereocenters. The lowest BCUT2D eigenvalue weighted by Gasteiger charge is -2.09. The molecule has 7 heteroatoms. The molecule has 0 saturated heterocycles. The Morgan fingerprint density at radius 1 is 1.38 bits per heavy atom. The van der Waals surface area contributed by atoms with Crippen LogP contribution in [0.15, 0.2) is 40.2 Å². The lowest BCUT2D eigenvalue weighted by molar-refractivity contribution is 0.405. The average molecular weight is 302 g/mol. The smallest absolute Gasteiger partial charge is 0.264 e. The maximum absolute atomic E-state index is 11.9. The number of hydrogen-bond acceptors (Lipinski definition) is 5. The number of hydrogen-bond donors (Lipinski definition) is 3. The van der Waals surface area contributed by atoms with Crippen LogP contribution in [-0.4, -0.2) is 20.9 Å². The van der Waals surface area contributed by atoms with Gasteiger partial charge in [0.15, 0.2) is 4.77 Å². The van der Waals surface area contributed by atoms with Crippen LogP contribution in [0.4, 0.5) is 5.69 Å². The van der Waals surface area contributed by atoms with E-state index in [0.717, 1.165) is 18.5 Å². The summed E-state index contributed by atoms with van der Waals surface area (Å²) in [5.41, 5.74) is 3.23. The van der Waals surface area contributed by atoms with Crippen molar-refractivity contribution in [3.8, 4) is 5.88 Å². The van der Waals surface area contributed by atoms with E-state index >= 15 is 0 Å². The van der Waals surface area contributed by atoms with Crippen molar-refractivity contribution in [1.29, 1.82) is 0 Å². The van der Waals surface area contributed by atoms with Crippen LogP contribution in [0.25, 0.3) is 0 Å². The zero-order chi connectivity index (χ0) is 14.8. The van der Waals surface area contributed by atoms with Crippen molar-refractivity contribution < 1.29 is 5.11 Å². The van der Waals surface area contributed by atoms with Crippen molar-refractivity contribution in [2.45, 2.75) is 18.9 Å². The highest BCUT2D eigenvalue weighted by Gasteiger charge is 2.27. The number of H-pyrrole nitrogens is 1. The third kappa shape index (κ3) is 2.87. The van der Waals surface area contributed by atoms with Crippen LogP contribution >= 0.6 is 12.2 Å². The normalized spacial score (nSPS) is 14.5. The predicted octanol–water partition coefficient (Wildman–Crippen LogP) is 2.39. The summed E-state index contributed by atoms with van der Waals surface area (Å²) < 4.78 is 1.81. The van der Waals surface area contributed by atoms with Gasteiger partial charge in [-0.15, -0.1) is 0 Å². The Bertz CT molecular complexity index is 791. The van der Waals surface area contributed by atoms with Crippen LogP contribution in [0.5, 0.6) is 5.88 Å². The minimum absolute atomic E-state index is 0.0962. The monoisotopic (exact) mass is 302 g/mol.